The molecule has 7 heteroatoms. The summed E-state index contributed by atoms with van der Waals surface area (Å²) in [5.74, 6) is 1.35. The molecule has 3 aliphatic rings. The van der Waals surface area contributed by atoms with Crippen LogP contribution < -0.4 is 0 Å². The molecular formula is C33H39BN6. The predicted octanol–water partition coefficient (Wildman–Crippen LogP) is 7.20. The van der Waals surface area contributed by atoms with Crippen LogP contribution in [0.15, 0.2) is 91.1 Å². The molecule has 3 aromatic rings. The van der Waals surface area contributed by atoms with Crippen molar-refractivity contribution >= 4 is 7.12 Å². The first-order valence-electron chi connectivity index (χ1n) is 14.6. The first kappa shape index (κ1) is 26.4. The van der Waals surface area contributed by atoms with Crippen LogP contribution in [-0.4, -0.2) is 36.2 Å². The molecule has 0 saturated carbocycles. The zero-order chi connectivity index (χ0) is 28.0. The maximum absolute atomic E-state index is 5.32. The van der Waals surface area contributed by atoms with Gasteiger partial charge in [0.15, 0.2) is 0 Å². The normalized spacial score (nSPS) is 17.0. The van der Waals surface area contributed by atoms with E-state index in [9.17, 15) is 0 Å². The van der Waals surface area contributed by atoms with Crippen LogP contribution in [0.5, 0.6) is 0 Å². The average molecular weight is 531 g/mol. The summed E-state index contributed by atoms with van der Waals surface area (Å²) < 4.78 is 6.56. The molecule has 0 radical (unpaired) electrons. The molecule has 3 aliphatic carbocycles. The van der Waals surface area contributed by atoms with E-state index in [0.717, 1.165) is 17.1 Å². The van der Waals surface area contributed by atoms with Crippen molar-refractivity contribution in [2.24, 2.45) is 0 Å². The molecule has 0 aliphatic heterocycles. The van der Waals surface area contributed by atoms with E-state index in [4.69, 9.17) is 15.3 Å². The molecule has 0 aromatic carbocycles. The van der Waals surface area contributed by atoms with Crippen LogP contribution >= 0.6 is 0 Å². The van der Waals surface area contributed by atoms with Gasteiger partial charge in [-0.25, -0.2) is 0 Å². The van der Waals surface area contributed by atoms with Gasteiger partial charge >= 0.3 is 7.12 Å². The van der Waals surface area contributed by atoms with Gasteiger partial charge < -0.3 is 0 Å². The lowest BCUT2D eigenvalue weighted by Crippen LogP contribution is -2.47. The summed E-state index contributed by atoms with van der Waals surface area (Å²) in [6, 6.07) is 6.81. The van der Waals surface area contributed by atoms with Gasteiger partial charge in [0, 0.05) is 34.8 Å². The molecule has 6 nitrogen and oxygen atoms in total. The van der Waals surface area contributed by atoms with Crippen molar-refractivity contribution in [2.75, 3.05) is 0 Å². The fourth-order valence-electron chi connectivity index (χ4n) is 5.82. The van der Waals surface area contributed by atoms with Gasteiger partial charge in [-0.1, -0.05) is 114 Å². The van der Waals surface area contributed by atoms with Crippen LogP contribution in [-0.2, 0) is 0 Å². The van der Waals surface area contributed by atoms with Crippen LogP contribution in [0.1, 0.15) is 111 Å². The maximum atomic E-state index is 5.32. The number of nitrogens with zero attached hydrogens (tertiary/aromatic N) is 6. The molecule has 0 N–H and O–H groups in total. The van der Waals surface area contributed by atoms with Gasteiger partial charge in [-0.3, -0.25) is 13.8 Å². The van der Waals surface area contributed by atoms with E-state index in [1.54, 1.807) is 0 Å². The molecule has 0 unspecified atom stereocenters. The number of rotatable bonds is 9. The van der Waals surface area contributed by atoms with E-state index in [2.05, 4.69) is 146 Å². The van der Waals surface area contributed by atoms with Crippen molar-refractivity contribution in [3.8, 4) is 0 Å². The number of hydrogen-bond acceptors (Lipinski definition) is 3. The second-order valence-corrected chi connectivity index (χ2v) is 12.0. The molecule has 0 saturated heterocycles. The Morgan fingerprint density at radius 1 is 0.475 bits per heavy atom. The Labute approximate surface area is 238 Å². The van der Waals surface area contributed by atoms with Gasteiger partial charge in [0.05, 0.1) is 17.1 Å². The third kappa shape index (κ3) is 4.72. The lowest BCUT2D eigenvalue weighted by molar-refractivity contribution is 0.654. The highest BCUT2D eigenvalue weighted by molar-refractivity contribution is 6.53. The molecule has 40 heavy (non-hydrogen) atoms. The first-order valence-corrected chi connectivity index (χ1v) is 14.6. The molecule has 0 amide bonds. The molecule has 3 heterocycles. The van der Waals surface area contributed by atoms with Crippen LogP contribution in [0.25, 0.3) is 0 Å². The van der Waals surface area contributed by atoms with Crippen molar-refractivity contribution in [3.63, 3.8) is 0 Å². The standard InChI is InChI=1S/C33H39BN6/c1-22(2)31-19-28(25-13-7-8-14-25)35-38(31)34(39-32(23(3)4)20-29(36-39)26-15-9-10-16-26)40-33(24(5)6)21-30(37-40)27-17-11-12-18-27/h7-27H,1-6H3. The Balaban J connectivity index is 1.60. The quantitative estimate of drug-likeness (QED) is 0.275. The van der Waals surface area contributed by atoms with Crippen molar-refractivity contribution in [3.05, 3.63) is 125 Å². The second-order valence-electron chi connectivity index (χ2n) is 12.0. The highest BCUT2D eigenvalue weighted by Gasteiger charge is 2.37. The van der Waals surface area contributed by atoms with Gasteiger partial charge in [0.25, 0.3) is 0 Å². The number of allylic oxidation sites excluding steroid dienone is 12. The Kier molecular flexibility index (Phi) is 6.99. The second kappa shape index (κ2) is 10.6. The van der Waals surface area contributed by atoms with E-state index in [-0.39, 0.29) is 42.6 Å². The van der Waals surface area contributed by atoms with Crippen LogP contribution in [0.4, 0.5) is 0 Å². The van der Waals surface area contributed by atoms with Gasteiger partial charge in [0.1, 0.15) is 0 Å². The van der Waals surface area contributed by atoms with Gasteiger partial charge in [0.2, 0.25) is 0 Å². The Bertz CT molecular complexity index is 1350. The Morgan fingerprint density at radius 2 is 0.725 bits per heavy atom. The third-order valence-corrected chi connectivity index (χ3v) is 8.05. The van der Waals surface area contributed by atoms with Crippen LogP contribution in [0.2, 0.25) is 0 Å². The van der Waals surface area contributed by atoms with E-state index in [1.807, 2.05) is 0 Å². The predicted molar refractivity (Wildman–Crippen MR) is 164 cm³/mol. The highest BCUT2D eigenvalue weighted by atomic mass is 15.5. The fraction of sp³-hybridized carbons (Fsp3) is 0.364. The summed E-state index contributed by atoms with van der Waals surface area (Å²) in [5.41, 5.74) is 6.69. The summed E-state index contributed by atoms with van der Waals surface area (Å²) in [7, 11) is -0.374. The largest absolute Gasteiger partial charge is 0.569 e. The Hall–Kier alpha value is -3.87. The molecular weight excluding hydrogens is 491 g/mol. The van der Waals surface area contributed by atoms with E-state index in [0.29, 0.717) is 0 Å². The zero-order valence-corrected chi connectivity index (χ0v) is 24.4. The minimum atomic E-state index is -0.374. The average Bonchev–Trinajstić information content (AvgIpc) is 3.77. The van der Waals surface area contributed by atoms with Crippen molar-refractivity contribution in [1.29, 1.82) is 0 Å². The first-order chi connectivity index (χ1) is 19.3. The number of aromatic nitrogens is 6. The van der Waals surface area contributed by atoms with E-state index < -0.39 is 0 Å². The molecule has 204 valence electrons. The summed E-state index contributed by atoms with van der Waals surface area (Å²) >= 11 is 0. The van der Waals surface area contributed by atoms with Crippen molar-refractivity contribution < 1.29 is 0 Å². The zero-order valence-electron chi connectivity index (χ0n) is 24.4. The van der Waals surface area contributed by atoms with Gasteiger partial charge in [-0.2, -0.15) is 15.3 Å². The van der Waals surface area contributed by atoms with E-state index >= 15 is 0 Å². The minimum absolute atomic E-state index is 0.178. The molecule has 3 aromatic heterocycles. The summed E-state index contributed by atoms with van der Waals surface area (Å²) in [4.78, 5) is 0. The number of hydrogen-bond donors (Lipinski definition) is 0. The molecule has 6 rings (SSSR count). The van der Waals surface area contributed by atoms with E-state index in [1.165, 1.54) is 17.1 Å². The Morgan fingerprint density at radius 3 is 0.950 bits per heavy atom. The molecule has 0 fully saturated rings. The summed E-state index contributed by atoms with van der Waals surface area (Å²) in [6.45, 7) is 13.5. The van der Waals surface area contributed by atoms with Crippen molar-refractivity contribution in [1.82, 2.24) is 29.1 Å². The molecule has 0 bridgehead atoms. The van der Waals surface area contributed by atoms with Crippen molar-refractivity contribution in [2.45, 2.75) is 77.0 Å². The van der Waals surface area contributed by atoms with Gasteiger partial charge in [-0.05, 0) is 36.0 Å². The third-order valence-electron chi connectivity index (χ3n) is 8.05. The smallest absolute Gasteiger partial charge is 0.265 e. The lowest BCUT2D eigenvalue weighted by Gasteiger charge is -2.23. The SMILES string of the molecule is CC(C)c1cc(C2C=CC=C2)nn1B(n1nc(C2C=CC=C2)cc1C(C)C)n1nc(C2C=CC=C2)cc1C(C)C. The summed E-state index contributed by atoms with van der Waals surface area (Å²) in [5, 5.41) is 16.0. The topological polar surface area (TPSA) is 53.5 Å². The van der Waals surface area contributed by atoms with Gasteiger partial charge in [-0.15, -0.1) is 0 Å². The lowest BCUT2D eigenvalue weighted by atomic mass is 9.89. The minimum Gasteiger partial charge on any atom is -0.265 e. The maximum Gasteiger partial charge on any atom is 0.569 e. The molecule has 0 spiro atoms. The van der Waals surface area contributed by atoms with Crippen LogP contribution in [0, 0.1) is 0 Å². The summed E-state index contributed by atoms with van der Waals surface area (Å²) in [6.07, 6.45) is 25.9. The fourth-order valence-corrected chi connectivity index (χ4v) is 5.82. The highest BCUT2D eigenvalue weighted by Crippen LogP contribution is 2.31. The monoisotopic (exact) mass is 530 g/mol. The molecule has 0 atom stereocenters. The van der Waals surface area contributed by atoms with Crippen LogP contribution in [0.3, 0.4) is 0 Å².